The van der Waals surface area contributed by atoms with Gasteiger partial charge in [-0.05, 0) is 52.9 Å². The van der Waals surface area contributed by atoms with Crippen molar-refractivity contribution in [2.45, 2.75) is 6.54 Å². The smallest absolute Gasteiger partial charge is 0.323 e. The maximum atomic E-state index is 11.2. The van der Waals surface area contributed by atoms with E-state index in [-0.39, 0.29) is 6.54 Å². The molecular weight excluding hydrogens is 403 g/mol. The lowest BCUT2D eigenvalue weighted by atomic mass is 10.2. The van der Waals surface area contributed by atoms with Crippen molar-refractivity contribution in [1.29, 1.82) is 0 Å². The van der Waals surface area contributed by atoms with Gasteiger partial charge in [0, 0.05) is 14.2 Å². The number of carboxylic acids is 1. The Morgan fingerprint density at radius 1 is 1.29 bits per heavy atom. The first-order valence-corrected chi connectivity index (χ1v) is 7.64. The van der Waals surface area contributed by atoms with Gasteiger partial charge in [-0.15, -0.1) is 0 Å². The first kappa shape index (κ1) is 14.3. The summed E-state index contributed by atoms with van der Waals surface area (Å²) in [5, 5.41) is 9.76. The highest BCUT2D eigenvalue weighted by Gasteiger charge is 2.16. The topological polar surface area (TPSA) is 55.1 Å². The molecule has 0 aliphatic carbocycles. The van der Waals surface area contributed by atoms with E-state index in [2.05, 4.69) is 27.6 Å². The number of rotatable bonds is 3. The third-order valence-electron chi connectivity index (χ3n) is 3.12. The van der Waals surface area contributed by atoms with Gasteiger partial charge in [0.05, 0.1) is 11.0 Å². The van der Waals surface area contributed by atoms with Crippen molar-refractivity contribution in [3.05, 3.63) is 51.1 Å². The molecule has 0 bridgehead atoms. The van der Waals surface area contributed by atoms with E-state index in [0.717, 1.165) is 20.2 Å². The van der Waals surface area contributed by atoms with Crippen molar-refractivity contribution >= 4 is 51.2 Å². The minimum absolute atomic E-state index is 0.140. The molecule has 0 radical (unpaired) electrons. The standard InChI is InChI=1S/C15H10ClIN2O2/c16-9-5-6-11(17)10(7-9)15-18-12-3-1-2-4-13(12)19(15)8-14(20)21/h1-7H,8H2,(H,20,21). The number of halogens is 2. The fourth-order valence-corrected chi connectivity index (χ4v) is 2.99. The molecule has 4 nitrogen and oxygen atoms in total. The van der Waals surface area contributed by atoms with Gasteiger partial charge < -0.3 is 9.67 Å². The van der Waals surface area contributed by atoms with E-state index in [4.69, 9.17) is 16.7 Å². The van der Waals surface area contributed by atoms with Crippen molar-refractivity contribution in [2.75, 3.05) is 0 Å². The molecule has 1 aromatic heterocycles. The van der Waals surface area contributed by atoms with Gasteiger partial charge in [0.2, 0.25) is 0 Å². The van der Waals surface area contributed by atoms with Crippen molar-refractivity contribution in [3.8, 4) is 11.4 Å². The third-order valence-corrected chi connectivity index (χ3v) is 4.29. The number of hydrogen-bond donors (Lipinski definition) is 1. The lowest BCUT2D eigenvalue weighted by Crippen LogP contribution is -2.10. The molecule has 21 heavy (non-hydrogen) atoms. The number of aliphatic carboxylic acids is 1. The summed E-state index contributed by atoms with van der Waals surface area (Å²) in [7, 11) is 0. The Hall–Kier alpha value is -1.60. The number of nitrogens with zero attached hydrogens (tertiary/aromatic N) is 2. The van der Waals surface area contributed by atoms with Gasteiger partial charge in [0.15, 0.2) is 0 Å². The summed E-state index contributed by atoms with van der Waals surface area (Å²) in [5.74, 6) is -0.290. The predicted octanol–water partition coefficient (Wildman–Crippen LogP) is 4.05. The van der Waals surface area contributed by atoms with E-state index in [1.165, 1.54) is 0 Å². The Kier molecular flexibility index (Phi) is 3.86. The van der Waals surface area contributed by atoms with Crippen LogP contribution >= 0.6 is 34.2 Å². The van der Waals surface area contributed by atoms with Crippen molar-refractivity contribution in [1.82, 2.24) is 9.55 Å². The third kappa shape index (κ3) is 2.75. The zero-order chi connectivity index (χ0) is 15.0. The Balaban J connectivity index is 2.30. The summed E-state index contributed by atoms with van der Waals surface area (Å²) in [6.45, 7) is -0.140. The number of para-hydroxylation sites is 2. The summed E-state index contributed by atoms with van der Waals surface area (Å²) >= 11 is 8.26. The molecule has 0 unspecified atom stereocenters. The van der Waals surface area contributed by atoms with Gasteiger partial charge in [-0.2, -0.15) is 0 Å². The highest BCUT2D eigenvalue weighted by molar-refractivity contribution is 14.1. The molecule has 0 aliphatic heterocycles. The van der Waals surface area contributed by atoms with Gasteiger partial charge in [-0.1, -0.05) is 23.7 Å². The number of hydrogen-bond acceptors (Lipinski definition) is 2. The van der Waals surface area contributed by atoms with Gasteiger partial charge in [-0.25, -0.2) is 4.98 Å². The van der Waals surface area contributed by atoms with E-state index in [9.17, 15) is 4.79 Å². The van der Waals surface area contributed by atoms with Crippen LogP contribution in [0.2, 0.25) is 5.02 Å². The van der Waals surface area contributed by atoms with Gasteiger partial charge in [-0.3, -0.25) is 4.79 Å². The number of fused-ring (bicyclic) bond motifs is 1. The average Bonchev–Trinajstić information content (AvgIpc) is 2.80. The quantitative estimate of drug-likeness (QED) is 0.661. The van der Waals surface area contributed by atoms with E-state index in [1.54, 1.807) is 10.6 Å². The minimum Gasteiger partial charge on any atom is -0.480 e. The minimum atomic E-state index is -0.906. The Morgan fingerprint density at radius 3 is 2.81 bits per heavy atom. The van der Waals surface area contributed by atoms with Crippen LogP contribution in [-0.4, -0.2) is 20.6 Å². The molecule has 1 N–H and O–H groups in total. The van der Waals surface area contributed by atoms with Crippen LogP contribution in [0.5, 0.6) is 0 Å². The average molecular weight is 413 g/mol. The monoisotopic (exact) mass is 412 g/mol. The summed E-state index contributed by atoms with van der Waals surface area (Å²) < 4.78 is 2.67. The first-order chi connectivity index (χ1) is 10.1. The fraction of sp³-hybridized carbons (Fsp3) is 0.0667. The van der Waals surface area contributed by atoms with Crippen molar-refractivity contribution in [2.24, 2.45) is 0 Å². The zero-order valence-electron chi connectivity index (χ0n) is 10.8. The Bertz CT molecular complexity index is 845. The van der Waals surface area contributed by atoms with Gasteiger partial charge >= 0.3 is 5.97 Å². The molecule has 106 valence electrons. The SMILES string of the molecule is O=C(O)Cn1c(-c2cc(Cl)ccc2I)nc2ccccc21. The Labute approximate surface area is 139 Å². The molecule has 3 rings (SSSR count). The summed E-state index contributed by atoms with van der Waals surface area (Å²) in [5.41, 5.74) is 2.40. The second kappa shape index (κ2) is 5.65. The lowest BCUT2D eigenvalue weighted by Gasteiger charge is -2.08. The number of carbonyl (C=O) groups is 1. The molecule has 0 amide bonds. The highest BCUT2D eigenvalue weighted by Crippen LogP contribution is 2.30. The first-order valence-electron chi connectivity index (χ1n) is 6.19. The van der Waals surface area contributed by atoms with E-state index >= 15 is 0 Å². The van der Waals surface area contributed by atoms with Crippen LogP contribution in [0.3, 0.4) is 0 Å². The van der Waals surface area contributed by atoms with E-state index in [0.29, 0.717) is 10.8 Å². The molecule has 0 aliphatic rings. The molecule has 6 heteroatoms. The predicted molar refractivity (Wildman–Crippen MR) is 90.5 cm³/mol. The number of benzene rings is 2. The van der Waals surface area contributed by atoms with Crippen LogP contribution in [0.1, 0.15) is 0 Å². The Morgan fingerprint density at radius 2 is 2.05 bits per heavy atom. The molecule has 0 spiro atoms. The largest absolute Gasteiger partial charge is 0.480 e. The summed E-state index contributed by atoms with van der Waals surface area (Å²) in [4.78, 5) is 15.7. The lowest BCUT2D eigenvalue weighted by molar-refractivity contribution is -0.137. The van der Waals surface area contributed by atoms with Crippen LogP contribution in [-0.2, 0) is 11.3 Å². The van der Waals surface area contributed by atoms with Crippen LogP contribution in [0.25, 0.3) is 22.4 Å². The summed E-state index contributed by atoms with van der Waals surface area (Å²) in [6.07, 6.45) is 0. The highest BCUT2D eigenvalue weighted by atomic mass is 127. The van der Waals surface area contributed by atoms with Crippen LogP contribution < -0.4 is 0 Å². The summed E-state index contributed by atoms with van der Waals surface area (Å²) in [6, 6.07) is 13.0. The zero-order valence-corrected chi connectivity index (χ0v) is 13.7. The van der Waals surface area contributed by atoms with Crippen LogP contribution in [0.15, 0.2) is 42.5 Å². The van der Waals surface area contributed by atoms with E-state index in [1.807, 2.05) is 36.4 Å². The number of aromatic nitrogens is 2. The van der Waals surface area contributed by atoms with Crippen LogP contribution in [0.4, 0.5) is 0 Å². The number of imidazole rings is 1. The van der Waals surface area contributed by atoms with Crippen molar-refractivity contribution in [3.63, 3.8) is 0 Å². The molecule has 0 saturated heterocycles. The fourth-order valence-electron chi connectivity index (χ4n) is 2.25. The molecule has 0 saturated carbocycles. The van der Waals surface area contributed by atoms with Gasteiger partial charge in [0.25, 0.3) is 0 Å². The molecule has 1 heterocycles. The van der Waals surface area contributed by atoms with E-state index < -0.39 is 5.97 Å². The number of carboxylic acid groups (broad SMARTS) is 1. The van der Waals surface area contributed by atoms with Crippen molar-refractivity contribution < 1.29 is 9.90 Å². The second-order valence-electron chi connectivity index (χ2n) is 4.53. The molecule has 0 atom stereocenters. The maximum Gasteiger partial charge on any atom is 0.323 e. The van der Waals surface area contributed by atoms with Gasteiger partial charge in [0.1, 0.15) is 12.4 Å². The second-order valence-corrected chi connectivity index (χ2v) is 6.13. The molecule has 2 aromatic carbocycles. The molecule has 0 fully saturated rings. The molecule has 3 aromatic rings. The molecular formula is C15H10ClIN2O2. The normalized spacial score (nSPS) is 11.0. The van der Waals surface area contributed by atoms with Crippen LogP contribution in [0, 0.1) is 3.57 Å². The maximum absolute atomic E-state index is 11.2.